The Kier molecular flexibility index (Phi) is 2.62. The molecule has 4 aliphatic heterocycles. The van der Waals surface area contributed by atoms with E-state index in [0.29, 0.717) is 0 Å². The Morgan fingerprint density at radius 3 is 2.64 bits per heavy atom. The van der Waals surface area contributed by atoms with Gasteiger partial charge >= 0.3 is 0 Å². The molecule has 0 unspecified atom stereocenters. The van der Waals surface area contributed by atoms with Crippen LogP contribution in [-0.2, 0) is 5.41 Å². The van der Waals surface area contributed by atoms with Crippen LogP contribution in [0.25, 0.3) is 11.1 Å². The highest BCUT2D eigenvalue weighted by Crippen LogP contribution is 2.50. The maximum atomic E-state index is 6.00. The van der Waals surface area contributed by atoms with E-state index < -0.39 is 0 Å². The van der Waals surface area contributed by atoms with Crippen LogP contribution >= 0.6 is 0 Å². The first-order valence-electron chi connectivity index (χ1n) is 8.26. The third kappa shape index (κ3) is 1.69. The van der Waals surface area contributed by atoms with E-state index in [-0.39, 0.29) is 5.41 Å². The average Bonchev–Trinajstić information content (AvgIpc) is 2.95. The predicted molar refractivity (Wildman–Crippen MR) is 86.0 cm³/mol. The summed E-state index contributed by atoms with van der Waals surface area (Å²) in [6.07, 6.45) is 4.56. The molecule has 3 heteroatoms. The Bertz CT molecular complexity index is 707. The van der Waals surface area contributed by atoms with Gasteiger partial charge in [0.25, 0.3) is 0 Å². The molecule has 2 aromatic rings. The zero-order chi connectivity index (χ0) is 14.6. The maximum absolute atomic E-state index is 6.00. The van der Waals surface area contributed by atoms with Gasteiger partial charge in [0.2, 0.25) is 5.88 Å². The molecule has 3 saturated heterocycles. The predicted octanol–water partition coefficient (Wildman–Crippen LogP) is 3.10. The molecule has 1 aromatic carbocycles. The topological polar surface area (TPSA) is 25.4 Å². The highest BCUT2D eigenvalue weighted by molar-refractivity contribution is 5.65. The number of pyridine rings is 1. The van der Waals surface area contributed by atoms with Gasteiger partial charge in [0.15, 0.2) is 0 Å². The number of aromatic nitrogens is 1. The molecule has 0 amide bonds. The van der Waals surface area contributed by atoms with Gasteiger partial charge in [0, 0.05) is 23.9 Å². The van der Waals surface area contributed by atoms with Gasteiger partial charge in [0.1, 0.15) is 6.61 Å². The minimum Gasteiger partial charge on any atom is -0.476 e. The molecule has 3 fully saturated rings. The second-order valence-electron chi connectivity index (χ2n) is 6.94. The van der Waals surface area contributed by atoms with Crippen molar-refractivity contribution in [2.75, 3.05) is 26.2 Å². The lowest BCUT2D eigenvalue weighted by Crippen LogP contribution is -2.57. The molecule has 3 nitrogen and oxygen atoms in total. The molecule has 0 radical (unpaired) electrons. The van der Waals surface area contributed by atoms with E-state index in [1.807, 2.05) is 6.20 Å². The summed E-state index contributed by atoms with van der Waals surface area (Å²) in [5.41, 5.74) is 3.98. The molecule has 5 heterocycles. The zero-order valence-electron chi connectivity index (χ0n) is 12.7. The summed E-state index contributed by atoms with van der Waals surface area (Å²) >= 11 is 0. The van der Waals surface area contributed by atoms with Gasteiger partial charge in [-0.25, -0.2) is 4.98 Å². The maximum Gasteiger partial charge on any atom is 0.217 e. The van der Waals surface area contributed by atoms with Crippen LogP contribution in [0.15, 0.2) is 42.6 Å². The number of hydrogen-bond acceptors (Lipinski definition) is 3. The summed E-state index contributed by atoms with van der Waals surface area (Å²) in [4.78, 5) is 7.23. The quantitative estimate of drug-likeness (QED) is 0.807. The van der Waals surface area contributed by atoms with E-state index in [2.05, 4.69) is 46.3 Å². The van der Waals surface area contributed by atoms with Crippen molar-refractivity contribution in [1.29, 1.82) is 0 Å². The number of fused-ring (bicyclic) bond motifs is 3. The molecule has 4 aliphatic rings. The van der Waals surface area contributed by atoms with Crippen molar-refractivity contribution in [3.8, 4) is 17.0 Å². The van der Waals surface area contributed by atoms with Gasteiger partial charge in [-0.2, -0.15) is 0 Å². The highest BCUT2D eigenvalue weighted by atomic mass is 16.5. The molecule has 0 aliphatic carbocycles. The number of rotatable bonds is 1. The summed E-state index contributed by atoms with van der Waals surface area (Å²) < 4.78 is 6.00. The lowest BCUT2D eigenvalue weighted by Gasteiger charge is -2.51. The van der Waals surface area contributed by atoms with Crippen molar-refractivity contribution >= 4 is 0 Å². The molecule has 0 N–H and O–H groups in total. The molecule has 1 aromatic heterocycles. The minimum absolute atomic E-state index is 0.184. The summed E-state index contributed by atoms with van der Waals surface area (Å²) in [6.45, 7) is 4.47. The van der Waals surface area contributed by atoms with E-state index in [4.69, 9.17) is 4.74 Å². The molecule has 0 saturated carbocycles. The first-order chi connectivity index (χ1) is 10.9. The molecule has 2 bridgehead atoms. The number of ether oxygens (including phenoxy) is 1. The van der Waals surface area contributed by atoms with Crippen molar-refractivity contribution in [1.82, 2.24) is 9.88 Å². The van der Waals surface area contributed by atoms with Crippen molar-refractivity contribution < 1.29 is 4.74 Å². The number of benzene rings is 1. The van der Waals surface area contributed by atoms with Crippen LogP contribution in [0.4, 0.5) is 0 Å². The van der Waals surface area contributed by atoms with E-state index in [0.717, 1.165) is 24.9 Å². The van der Waals surface area contributed by atoms with E-state index in [1.54, 1.807) is 0 Å². The fourth-order valence-corrected chi connectivity index (χ4v) is 4.63. The average molecular weight is 292 g/mol. The lowest BCUT2D eigenvalue weighted by atomic mass is 9.64. The third-order valence-electron chi connectivity index (χ3n) is 5.84. The van der Waals surface area contributed by atoms with Crippen molar-refractivity contribution in [2.24, 2.45) is 5.92 Å². The number of hydrogen-bond donors (Lipinski definition) is 0. The monoisotopic (exact) mass is 292 g/mol. The van der Waals surface area contributed by atoms with Crippen LogP contribution in [0.3, 0.4) is 0 Å². The van der Waals surface area contributed by atoms with Gasteiger partial charge in [-0.1, -0.05) is 30.3 Å². The van der Waals surface area contributed by atoms with Crippen LogP contribution < -0.4 is 4.74 Å². The second-order valence-corrected chi connectivity index (χ2v) is 6.94. The normalized spacial score (nSPS) is 32.0. The van der Waals surface area contributed by atoms with Crippen LogP contribution in [0.2, 0.25) is 0 Å². The summed E-state index contributed by atoms with van der Waals surface area (Å²) in [6, 6.07) is 12.9. The molecule has 1 atom stereocenters. The first-order valence-corrected chi connectivity index (χ1v) is 8.26. The Morgan fingerprint density at radius 1 is 1.09 bits per heavy atom. The van der Waals surface area contributed by atoms with Gasteiger partial charge in [-0.05, 0) is 43.5 Å². The Labute approximate surface area is 130 Å². The molecular weight excluding hydrogens is 272 g/mol. The lowest BCUT2D eigenvalue weighted by molar-refractivity contribution is 0.0125. The van der Waals surface area contributed by atoms with E-state index >= 15 is 0 Å². The van der Waals surface area contributed by atoms with Crippen LogP contribution in [0, 0.1) is 5.92 Å². The van der Waals surface area contributed by atoms with Gasteiger partial charge in [0.05, 0.1) is 5.41 Å². The summed E-state index contributed by atoms with van der Waals surface area (Å²) in [5, 5.41) is 0. The van der Waals surface area contributed by atoms with Crippen molar-refractivity contribution in [2.45, 2.75) is 18.3 Å². The second kappa shape index (κ2) is 4.56. The summed E-state index contributed by atoms with van der Waals surface area (Å²) in [7, 11) is 0. The standard InChI is InChI=1S/C19H20N2O/c1-2-4-14(5-3-1)15-10-17-18(20-11-15)22-13-19(17)12-21-8-6-16(19)7-9-21/h1-5,10-11,16H,6-9,12-13H2/t19-/m1/s1. The van der Waals surface area contributed by atoms with Crippen LogP contribution in [-0.4, -0.2) is 36.1 Å². The smallest absolute Gasteiger partial charge is 0.217 e. The summed E-state index contributed by atoms with van der Waals surface area (Å²) in [5.74, 6) is 1.63. The van der Waals surface area contributed by atoms with Crippen molar-refractivity contribution in [3.63, 3.8) is 0 Å². The van der Waals surface area contributed by atoms with Crippen LogP contribution in [0.5, 0.6) is 5.88 Å². The molecule has 6 rings (SSSR count). The zero-order valence-corrected chi connectivity index (χ0v) is 12.7. The molecule has 112 valence electrons. The first kappa shape index (κ1) is 12.7. The third-order valence-corrected chi connectivity index (χ3v) is 5.84. The number of piperidine rings is 3. The Morgan fingerprint density at radius 2 is 1.91 bits per heavy atom. The molecular formula is C19H20N2O. The fourth-order valence-electron chi connectivity index (χ4n) is 4.63. The Balaban J connectivity index is 1.62. The van der Waals surface area contributed by atoms with Crippen LogP contribution in [0.1, 0.15) is 18.4 Å². The van der Waals surface area contributed by atoms with Gasteiger partial charge in [-0.3, -0.25) is 0 Å². The Hall–Kier alpha value is -1.87. The SMILES string of the molecule is c1ccc(-c2cnc3c(c2)[C@@]2(CO3)CN3CCC2CC3)cc1. The highest BCUT2D eigenvalue weighted by Gasteiger charge is 2.53. The molecule has 22 heavy (non-hydrogen) atoms. The van der Waals surface area contributed by atoms with Gasteiger partial charge in [-0.15, -0.1) is 0 Å². The largest absolute Gasteiger partial charge is 0.476 e. The van der Waals surface area contributed by atoms with Gasteiger partial charge < -0.3 is 9.64 Å². The molecule has 1 spiro atoms. The van der Waals surface area contributed by atoms with E-state index in [9.17, 15) is 0 Å². The minimum atomic E-state index is 0.184. The van der Waals surface area contributed by atoms with E-state index in [1.165, 1.54) is 42.6 Å². The fraction of sp³-hybridized carbons (Fsp3) is 0.421. The number of nitrogens with zero attached hydrogens (tertiary/aromatic N) is 2. The van der Waals surface area contributed by atoms with Crippen molar-refractivity contribution in [3.05, 3.63) is 48.2 Å².